The van der Waals surface area contributed by atoms with Crippen molar-refractivity contribution >= 4 is 34.1 Å². The van der Waals surface area contributed by atoms with Gasteiger partial charge in [0.2, 0.25) is 0 Å². The molecule has 0 N–H and O–H groups in total. The van der Waals surface area contributed by atoms with E-state index in [0.29, 0.717) is 5.92 Å². The summed E-state index contributed by atoms with van der Waals surface area (Å²) in [6, 6.07) is 8.80. The largest absolute Gasteiger partial charge is 0.455 e. The van der Waals surface area contributed by atoms with E-state index in [2.05, 4.69) is 56.8 Å². The summed E-state index contributed by atoms with van der Waals surface area (Å²) in [6.07, 6.45) is 12.9. The maximum Gasteiger partial charge on any atom is 0.139 e. The molecule has 1 nitrogen and oxygen atoms in total. The van der Waals surface area contributed by atoms with Crippen LogP contribution in [0.2, 0.25) is 0 Å². The lowest BCUT2D eigenvalue weighted by atomic mass is 9.81. The normalized spacial score (nSPS) is 16.2. The molecule has 1 heteroatoms. The van der Waals surface area contributed by atoms with Crippen LogP contribution >= 0.6 is 0 Å². The second kappa shape index (κ2) is 6.55. The van der Waals surface area contributed by atoms with Gasteiger partial charge < -0.3 is 4.42 Å². The zero-order chi connectivity index (χ0) is 17.4. The molecule has 1 aliphatic carbocycles. The number of rotatable bonds is 3. The van der Waals surface area contributed by atoms with Gasteiger partial charge in [-0.05, 0) is 60.9 Å². The Bertz CT molecular complexity index is 965. The molecule has 1 fully saturated rings. The van der Waals surface area contributed by atoms with Crippen LogP contribution in [0, 0.1) is 6.92 Å². The van der Waals surface area contributed by atoms with E-state index in [1.807, 2.05) is 6.08 Å². The van der Waals surface area contributed by atoms with Crippen molar-refractivity contribution in [1.29, 1.82) is 0 Å². The highest BCUT2D eigenvalue weighted by molar-refractivity contribution is 6.12. The quantitative estimate of drug-likeness (QED) is 0.481. The summed E-state index contributed by atoms with van der Waals surface area (Å²) in [5.41, 5.74) is 7.15. The van der Waals surface area contributed by atoms with Gasteiger partial charge in [-0.3, -0.25) is 0 Å². The first-order valence-corrected chi connectivity index (χ1v) is 9.48. The second-order valence-corrected chi connectivity index (χ2v) is 7.27. The van der Waals surface area contributed by atoms with Crippen LogP contribution < -0.4 is 0 Å². The maximum atomic E-state index is 6.47. The molecular weight excluding hydrogens is 304 g/mol. The fourth-order valence-electron chi connectivity index (χ4n) is 4.44. The topological polar surface area (TPSA) is 13.1 Å². The van der Waals surface area contributed by atoms with E-state index in [1.165, 1.54) is 65.1 Å². The lowest BCUT2D eigenvalue weighted by Gasteiger charge is -2.23. The van der Waals surface area contributed by atoms with E-state index in [4.69, 9.17) is 4.42 Å². The average Bonchev–Trinajstić information content (AvgIpc) is 3.03. The van der Waals surface area contributed by atoms with E-state index in [1.54, 1.807) is 0 Å². The number of hydrogen-bond donors (Lipinski definition) is 0. The molecule has 0 unspecified atom stereocenters. The zero-order valence-electron chi connectivity index (χ0n) is 15.3. The standard InChI is InChI=1S/C24H26O/c1-4-10-18-15-21(17-12-7-6-8-13-17)24-22(19(18)5-2)20-14-9-11-16(3)23(20)25-24/h4-5,9-11,14-15,17H,2,6-8,12-13H2,1,3H3/b10-4-. The monoisotopic (exact) mass is 330 g/mol. The van der Waals surface area contributed by atoms with Crippen molar-refractivity contribution in [3.63, 3.8) is 0 Å². The fourth-order valence-corrected chi connectivity index (χ4v) is 4.44. The maximum absolute atomic E-state index is 6.47. The molecule has 0 bridgehead atoms. The molecule has 128 valence electrons. The van der Waals surface area contributed by atoms with Crippen molar-refractivity contribution in [2.45, 2.75) is 51.9 Å². The first kappa shape index (κ1) is 16.2. The van der Waals surface area contributed by atoms with Crippen LogP contribution in [0.25, 0.3) is 34.1 Å². The molecule has 25 heavy (non-hydrogen) atoms. The molecule has 0 aliphatic heterocycles. The Balaban J connectivity index is 2.12. The highest BCUT2D eigenvalue weighted by Gasteiger charge is 2.23. The Labute approximate surface area is 150 Å². The smallest absolute Gasteiger partial charge is 0.139 e. The van der Waals surface area contributed by atoms with E-state index in [0.717, 1.165) is 11.2 Å². The minimum Gasteiger partial charge on any atom is -0.455 e. The number of benzene rings is 2. The van der Waals surface area contributed by atoms with Gasteiger partial charge in [0.1, 0.15) is 11.2 Å². The van der Waals surface area contributed by atoms with Crippen LogP contribution in [0.5, 0.6) is 0 Å². The Morgan fingerprint density at radius 1 is 1.12 bits per heavy atom. The summed E-state index contributed by atoms with van der Waals surface area (Å²) in [6.45, 7) is 8.31. The van der Waals surface area contributed by atoms with Gasteiger partial charge in [0.05, 0.1) is 0 Å². The SMILES string of the molecule is C=Cc1c(/C=C\C)cc(C2CCCCC2)c2oc3c(C)cccc3c12. The van der Waals surface area contributed by atoms with Crippen LogP contribution in [-0.4, -0.2) is 0 Å². The van der Waals surface area contributed by atoms with Crippen LogP contribution in [-0.2, 0) is 0 Å². The van der Waals surface area contributed by atoms with Crippen molar-refractivity contribution < 1.29 is 4.42 Å². The van der Waals surface area contributed by atoms with Crippen molar-refractivity contribution in [3.8, 4) is 0 Å². The molecule has 0 saturated heterocycles. The van der Waals surface area contributed by atoms with Crippen molar-refractivity contribution in [3.05, 3.63) is 59.2 Å². The van der Waals surface area contributed by atoms with Gasteiger partial charge in [-0.15, -0.1) is 0 Å². The van der Waals surface area contributed by atoms with E-state index >= 15 is 0 Å². The summed E-state index contributed by atoms with van der Waals surface area (Å²) in [5, 5.41) is 2.46. The van der Waals surface area contributed by atoms with Gasteiger partial charge >= 0.3 is 0 Å². The number of aryl methyl sites for hydroxylation is 1. The summed E-state index contributed by atoms with van der Waals surface area (Å²) in [7, 11) is 0. The Hall–Kier alpha value is -2.28. The zero-order valence-corrected chi connectivity index (χ0v) is 15.3. The minimum absolute atomic E-state index is 0.611. The number of furan rings is 1. The Morgan fingerprint density at radius 2 is 1.92 bits per heavy atom. The molecule has 1 saturated carbocycles. The summed E-state index contributed by atoms with van der Waals surface area (Å²) < 4.78 is 6.47. The molecule has 0 amide bonds. The summed E-state index contributed by atoms with van der Waals surface area (Å²) in [5.74, 6) is 0.611. The van der Waals surface area contributed by atoms with Crippen LogP contribution in [0.3, 0.4) is 0 Å². The average molecular weight is 330 g/mol. The molecule has 1 aliphatic rings. The molecule has 1 heterocycles. The lowest BCUT2D eigenvalue weighted by Crippen LogP contribution is -2.05. The van der Waals surface area contributed by atoms with Crippen LogP contribution in [0.4, 0.5) is 0 Å². The highest BCUT2D eigenvalue weighted by Crippen LogP contribution is 2.43. The molecule has 0 atom stereocenters. The van der Waals surface area contributed by atoms with Crippen molar-refractivity contribution in [1.82, 2.24) is 0 Å². The third kappa shape index (κ3) is 2.63. The minimum atomic E-state index is 0.611. The molecule has 4 rings (SSSR count). The van der Waals surface area contributed by atoms with Gasteiger partial charge in [0, 0.05) is 10.8 Å². The summed E-state index contributed by atoms with van der Waals surface area (Å²) >= 11 is 0. The molecule has 0 spiro atoms. The number of hydrogen-bond acceptors (Lipinski definition) is 1. The summed E-state index contributed by atoms with van der Waals surface area (Å²) in [4.78, 5) is 0. The van der Waals surface area contributed by atoms with Crippen molar-refractivity contribution in [2.24, 2.45) is 0 Å². The first-order valence-electron chi connectivity index (χ1n) is 9.48. The Morgan fingerprint density at radius 3 is 2.64 bits per heavy atom. The van der Waals surface area contributed by atoms with Crippen molar-refractivity contribution in [2.75, 3.05) is 0 Å². The fraction of sp³-hybridized carbons (Fsp3) is 0.333. The third-order valence-corrected chi connectivity index (χ3v) is 5.66. The first-order chi connectivity index (χ1) is 12.2. The van der Waals surface area contributed by atoms with Gasteiger partial charge in [-0.2, -0.15) is 0 Å². The van der Waals surface area contributed by atoms with Gasteiger partial charge in [-0.1, -0.05) is 62.3 Å². The van der Waals surface area contributed by atoms with Crippen LogP contribution in [0.1, 0.15) is 67.2 Å². The lowest BCUT2D eigenvalue weighted by molar-refractivity contribution is 0.442. The van der Waals surface area contributed by atoms with Gasteiger partial charge in [0.15, 0.2) is 0 Å². The number of allylic oxidation sites excluding steroid dienone is 1. The Kier molecular flexibility index (Phi) is 4.25. The van der Waals surface area contributed by atoms with Gasteiger partial charge in [-0.25, -0.2) is 0 Å². The predicted molar refractivity (Wildman–Crippen MR) is 109 cm³/mol. The molecular formula is C24H26O. The second-order valence-electron chi connectivity index (χ2n) is 7.27. The highest BCUT2D eigenvalue weighted by atomic mass is 16.3. The molecule has 0 radical (unpaired) electrons. The number of para-hydroxylation sites is 1. The predicted octanol–water partition coefficient (Wildman–Crippen LogP) is 7.62. The molecule has 3 aromatic rings. The van der Waals surface area contributed by atoms with Crippen LogP contribution in [0.15, 0.2) is 41.3 Å². The van der Waals surface area contributed by atoms with E-state index < -0.39 is 0 Å². The van der Waals surface area contributed by atoms with Gasteiger partial charge in [0.25, 0.3) is 0 Å². The molecule has 1 aromatic heterocycles. The molecule has 2 aromatic carbocycles. The third-order valence-electron chi connectivity index (χ3n) is 5.66. The number of fused-ring (bicyclic) bond motifs is 3. The van der Waals surface area contributed by atoms with E-state index in [9.17, 15) is 0 Å². The van der Waals surface area contributed by atoms with E-state index in [-0.39, 0.29) is 0 Å².